The highest BCUT2D eigenvalue weighted by Crippen LogP contribution is 2.31. The first-order valence-corrected chi connectivity index (χ1v) is 9.62. The molecule has 0 spiro atoms. The van der Waals surface area contributed by atoms with Crippen molar-refractivity contribution in [3.63, 3.8) is 0 Å². The number of ether oxygens (including phenoxy) is 2. The van der Waals surface area contributed by atoms with Gasteiger partial charge in [0.1, 0.15) is 5.70 Å². The Bertz CT molecular complexity index is 801. The summed E-state index contributed by atoms with van der Waals surface area (Å²) in [6.45, 7) is 6.23. The minimum Gasteiger partial charge on any atom is -0.466 e. The predicted molar refractivity (Wildman–Crippen MR) is 111 cm³/mol. The average Bonchev–Trinajstić information content (AvgIpc) is 2.72. The van der Waals surface area contributed by atoms with Crippen molar-refractivity contribution in [3.8, 4) is 0 Å². The van der Waals surface area contributed by atoms with Gasteiger partial charge in [-0.05, 0) is 18.2 Å². The maximum absolute atomic E-state index is 12.2. The molecule has 1 N–H and O–H groups in total. The lowest BCUT2D eigenvalue weighted by molar-refractivity contribution is -0.138. The van der Waals surface area contributed by atoms with Gasteiger partial charge in [-0.2, -0.15) is 0 Å². The fourth-order valence-electron chi connectivity index (χ4n) is 2.99. The number of hydrogen-bond acceptors (Lipinski definition) is 7. The Labute approximate surface area is 175 Å². The number of anilines is 2. The molecule has 8 nitrogen and oxygen atoms in total. The van der Waals surface area contributed by atoms with Gasteiger partial charge in [0, 0.05) is 37.1 Å². The maximum atomic E-state index is 12.2. The fraction of sp³-hybridized carbons (Fsp3) is 0.450. The van der Waals surface area contributed by atoms with Crippen molar-refractivity contribution in [3.05, 3.63) is 35.0 Å². The van der Waals surface area contributed by atoms with Crippen LogP contribution in [0.5, 0.6) is 0 Å². The van der Waals surface area contributed by atoms with Gasteiger partial charge in [-0.1, -0.05) is 25.4 Å². The molecule has 0 saturated carbocycles. The van der Waals surface area contributed by atoms with Crippen LogP contribution in [0.15, 0.2) is 30.0 Å². The van der Waals surface area contributed by atoms with Crippen LogP contribution in [0.3, 0.4) is 0 Å². The number of nitrogens with zero attached hydrogens (tertiary/aromatic N) is 2. The molecule has 1 saturated heterocycles. The number of benzene rings is 1. The zero-order chi connectivity index (χ0) is 21.6. The molecule has 0 aliphatic carbocycles. The Hall–Kier alpha value is -2.74. The molecule has 1 fully saturated rings. The minimum absolute atomic E-state index is 0.0413. The second-order valence-electron chi connectivity index (χ2n) is 6.83. The molecule has 1 heterocycles. The first-order valence-electron chi connectivity index (χ1n) is 9.25. The van der Waals surface area contributed by atoms with E-state index in [1.807, 2.05) is 24.8 Å². The summed E-state index contributed by atoms with van der Waals surface area (Å²) in [6.07, 6.45) is 1.02. The van der Waals surface area contributed by atoms with Gasteiger partial charge in [0.2, 0.25) is 5.91 Å². The van der Waals surface area contributed by atoms with Crippen LogP contribution < -0.4 is 10.2 Å². The third-order valence-corrected chi connectivity index (χ3v) is 4.76. The molecule has 1 aliphatic rings. The minimum atomic E-state index is -0.714. The van der Waals surface area contributed by atoms with E-state index in [4.69, 9.17) is 16.3 Å². The number of carbonyl (C=O) groups excluding carboxylic acids is 3. The summed E-state index contributed by atoms with van der Waals surface area (Å²) >= 11 is 6.15. The Kier molecular flexibility index (Phi) is 7.90. The molecule has 2 rings (SSSR count). The highest BCUT2D eigenvalue weighted by Gasteiger charge is 2.25. The Morgan fingerprint density at radius 1 is 1.10 bits per heavy atom. The normalized spacial score (nSPS) is 14.6. The number of amides is 1. The Balaban J connectivity index is 2.25. The number of rotatable bonds is 6. The molecule has 0 atom stereocenters. The fourth-order valence-corrected chi connectivity index (χ4v) is 3.17. The van der Waals surface area contributed by atoms with Gasteiger partial charge in [0.25, 0.3) is 0 Å². The molecule has 158 valence electrons. The molecular weight excluding hydrogens is 398 g/mol. The Morgan fingerprint density at radius 3 is 2.31 bits per heavy atom. The molecule has 0 radical (unpaired) electrons. The van der Waals surface area contributed by atoms with E-state index in [2.05, 4.69) is 15.0 Å². The Morgan fingerprint density at radius 2 is 1.76 bits per heavy atom. The predicted octanol–water partition coefficient (Wildman–Crippen LogP) is 2.29. The molecule has 1 aliphatic heterocycles. The molecule has 9 heteroatoms. The number of hydrogen-bond donors (Lipinski definition) is 1. The van der Waals surface area contributed by atoms with Crippen LogP contribution in [0, 0.1) is 5.92 Å². The van der Waals surface area contributed by atoms with E-state index in [9.17, 15) is 14.4 Å². The van der Waals surface area contributed by atoms with Crippen molar-refractivity contribution in [1.82, 2.24) is 4.90 Å². The number of nitrogens with one attached hydrogen (secondary N) is 1. The quantitative estimate of drug-likeness (QED) is 0.554. The lowest BCUT2D eigenvalue weighted by Gasteiger charge is -2.37. The van der Waals surface area contributed by atoms with Crippen molar-refractivity contribution in [2.24, 2.45) is 5.92 Å². The zero-order valence-electron chi connectivity index (χ0n) is 17.0. The maximum Gasteiger partial charge on any atom is 0.354 e. The first kappa shape index (κ1) is 22.5. The van der Waals surface area contributed by atoms with E-state index in [1.54, 1.807) is 12.1 Å². The molecule has 1 aromatic carbocycles. The molecule has 1 amide bonds. The summed E-state index contributed by atoms with van der Waals surface area (Å²) in [6, 6.07) is 5.24. The smallest absolute Gasteiger partial charge is 0.354 e. The summed E-state index contributed by atoms with van der Waals surface area (Å²) < 4.78 is 9.34. The van der Waals surface area contributed by atoms with Crippen LogP contribution >= 0.6 is 11.6 Å². The van der Waals surface area contributed by atoms with E-state index in [-0.39, 0.29) is 17.5 Å². The van der Waals surface area contributed by atoms with Crippen molar-refractivity contribution in [2.75, 3.05) is 50.6 Å². The summed E-state index contributed by atoms with van der Waals surface area (Å²) in [7, 11) is 2.44. The zero-order valence-corrected chi connectivity index (χ0v) is 17.8. The summed E-state index contributed by atoms with van der Waals surface area (Å²) in [5.74, 6) is -1.32. The molecule has 0 aromatic heterocycles. The van der Waals surface area contributed by atoms with E-state index < -0.39 is 11.9 Å². The second-order valence-corrected chi connectivity index (χ2v) is 7.26. The third kappa shape index (κ3) is 5.87. The van der Waals surface area contributed by atoms with Crippen LogP contribution in [0.25, 0.3) is 0 Å². The summed E-state index contributed by atoms with van der Waals surface area (Å²) in [4.78, 5) is 39.8. The van der Waals surface area contributed by atoms with Crippen molar-refractivity contribution in [1.29, 1.82) is 0 Å². The van der Waals surface area contributed by atoms with Crippen LogP contribution in [0.1, 0.15) is 13.8 Å². The van der Waals surface area contributed by atoms with E-state index in [0.717, 1.165) is 11.8 Å². The van der Waals surface area contributed by atoms with Gasteiger partial charge in [-0.3, -0.25) is 4.79 Å². The van der Waals surface area contributed by atoms with Crippen LogP contribution in [-0.4, -0.2) is 63.1 Å². The van der Waals surface area contributed by atoms with Crippen LogP contribution in [0.2, 0.25) is 5.02 Å². The molecule has 0 bridgehead atoms. The second kappa shape index (κ2) is 10.2. The third-order valence-electron chi connectivity index (χ3n) is 4.52. The van der Waals surface area contributed by atoms with Gasteiger partial charge in [0.15, 0.2) is 0 Å². The van der Waals surface area contributed by atoms with Crippen LogP contribution in [-0.2, 0) is 23.9 Å². The van der Waals surface area contributed by atoms with E-state index >= 15 is 0 Å². The molecule has 29 heavy (non-hydrogen) atoms. The highest BCUT2D eigenvalue weighted by atomic mass is 35.5. The standard InChI is InChI=1S/C20H26ClN3O5/c1-13(2)19(26)24-9-7-23(8-10-24)17-6-5-14(21)11-15(17)22-16(20(27)29-4)12-18(25)28-3/h5-6,11-13,22H,7-10H2,1-4H3/b16-12+. The van der Waals surface area contributed by atoms with E-state index in [1.165, 1.54) is 14.2 Å². The number of esters is 2. The van der Waals surface area contributed by atoms with Gasteiger partial charge < -0.3 is 24.6 Å². The van der Waals surface area contributed by atoms with Crippen molar-refractivity contribution >= 4 is 40.8 Å². The van der Waals surface area contributed by atoms with Gasteiger partial charge >= 0.3 is 11.9 Å². The van der Waals surface area contributed by atoms with Gasteiger partial charge in [-0.15, -0.1) is 0 Å². The van der Waals surface area contributed by atoms with Crippen molar-refractivity contribution < 1.29 is 23.9 Å². The SMILES string of the molecule is COC(=O)/C=C(/Nc1cc(Cl)ccc1N1CCN(C(=O)C(C)C)CC1)C(=O)OC. The summed E-state index contributed by atoms with van der Waals surface area (Å²) in [5.41, 5.74) is 1.27. The average molecular weight is 424 g/mol. The largest absolute Gasteiger partial charge is 0.466 e. The molecular formula is C20H26ClN3O5. The number of methoxy groups -OCH3 is 2. The lowest BCUT2D eigenvalue weighted by atomic mass is 10.1. The highest BCUT2D eigenvalue weighted by molar-refractivity contribution is 6.31. The number of piperazine rings is 1. The summed E-state index contributed by atoms with van der Waals surface area (Å²) in [5, 5.41) is 3.40. The lowest BCUT2D eigenvalue weighted by Crippen LogP contribution is -2.50. The van der Waals surface area contributed by atoms with Crippen molar-refractivity contribution in [2.45, 2.75) is 13.8 Å². The van der Waals surface area contributed by atoms with Crippen LogP contribution in [0.4, 0.5) is 11.4 Å². The van der Waals surface area contributed by atoms with Gasteiger partial charge in [0.05, 0.1) is 31.7 Å². The number of carbonyl (C=O) groups is 3. The first-order chi connectivity index (χ1) is 13.8. The molecule has 1 aromatic rings. The van der Waals surface area contributed by atoms with Gasteiger partial charge in [-0.25, -0.2) is 9.59 Å². The number of halogens is 1. The topological polar surface area (TPSA) is 88.2 Å². The van der Waals surface area contributed by atoms with E-state index in [0.29, 0.717) is 36.9 Å². The molecule has 0 unspecified atom stereocenters. The monoisotopic (exact) mass is 423 g/mol.